The summed E-state index contributed by atoms with van der Waals surface area (Å²) in [6.07, 6.45) is 5.49. The summed E-state index contributed by atoms with van der Waals surface area (Å²) in [5.41, 5.74) is -1.07. The Hall–Kier alpha value is -1.65. The first kappa shape index (κ1) is 16.4. The lowest BCUT2D eigenvalue weighted by Gasteiger charge is -2.25. The molecule has 0 saturated heterocycles. The van der Waals surface area contributed by atoms with Gasteiger partial charge in [0.05, 0.1) is 5.56 Å². The van der Waals surface area contributed by atoms with Crippen LogP contribution in [0.5, 0.6) is 0 Å². The Morgan fingerprint density at radius 2 is 1.95 bits per heavy atom. The number of ketones is 1. The third-order valence-corrected chi connectivity index (χ3v) is 3.48. The average Bonchev–Trinajstić information content (AvgIpc) is 2.34. The molecule has 0 fully saturated rings. The van der Waals surface area contributed by atoms with Gasteiger partial charge in [0.1, 0.15) is 0 Å². The molecular weight excluding hydrogens is 256 g/mol. The number of aromatic nitrogens is 2. The highest BCUT2D eigenvalue weighted by Crippen LogP contribution is 2.24. The van der Waals surface area contributed by atoms with Crippen molar-refractivity contribution in [3.05, 3.63) is 32.6 Å². The topological polar surface area (TPSA) is 71.9 Å². The molecular formula is C15H24N2O3. The van der Waals surface area contributed by atoms with E-state index in [1.54, 1.807) is 0 Å². The van der Waals surface area contributed by atoms with Gasteiger partial charge in [-0.1, -0.05) is 40.0 Å². The van der Waals surface area contributed by atoms with Gasteiger partial charge in [0, 0.05) is 12.7 Å². The number of hydrogen-bond acceptors (Lipinski definition) is 3. The van der Waals surface area contributed by atoms with Gasteiger partial charge < -0.3 is 4.98 Å². The molecule has 1 rings (SSSR count). The van der Waals surface area contributed by atoms with E-state index in [0.717, 1.165) is 30.3 Å². The number of carbonyl (C=O) groups is 1. The summed E-state index contributed by atoms with van der Waals surface area (Å²) >= 11 is 0. The molecule has 0 radical (unpaired) electrons. The Morgan fingerprint density at radius 3 is 2.50 bits per heavy atom. The van der Waals surface area contributed by atoms with Crippen LogP contribution in [0.1, 0.15) is 63.7 Å². The molecule has 0 atom stereocenters. The smallest absolute Gasteiger partial charge is 0.313 e. The first-order valence-corrected chi connectivity index (χ1v) is 7.12. The van der Waals surface area contributed by atoms with E-state index in [1.165, 1.54) is 13.1 Å². The number of hydrogen-bond donors (Lipinski definition) is 1. The van der Waals surface area contributed by atoms with Crippen LogP contribution >= 0.6 is 0 Å². The maximum absolute atomic E-state index is 12.2. The SMILES string of the molecule is CCCCCC(C)(C)Cn1c(=O)[nH]cc(C(C)=O)c1=O. The third kappa shape index (κ3) is 4.18. The van der Waals surface area contributed by atoms with Gasteiger partial charge in [-0.05, 0) is 18.8 Å². The fourth-order valence-electron chi connectivity index (χ4n) is 2.27. The number of nitrogens with one attached hydrogen (secondary N) is 1. The summed E-state index contributed by atoms with van der Waals surface area (Å²) in [4.78, 5) is 37.8. The highest BCUT2D eigenvalue weighted by Gasteiger charge is 2.21. The first-order valence-electron chi connectivity index (χ1n) is 7.12. The zero-order valence-corrected chi connectivity index (χ0v) is 12.8. The molecule has 0 aliphatic rings. The van der Waals surface area contributed by atoms with Gasteiger partial charge in [-0.3, -0.25) is 14.2 Å². The van der Waals surface area contributed by atoms with Crippen LogP contribution in [0.2, 0.25) is 0 Å². The van der Waals surface area contributed by atoms with Crippen molar-refractivity contribution < 1.29 is 4.79 Å². The maximum atomic E-state index is 12.2. The summed E-state index contributed by atoms with van der Waals surface area (Å²) in [5, 5.41) is 0. The van der Waals surface area contributed by atoms with Crippen LogP contribution in [0.25, 0.3) is 0 Å². The van der Waals surface area contributed by atoms with Gasteiger partial charge in [0.2, 0.25) is 0 Å². The van der Waals surface area contributed by atoms with Crippen LogP contribution in [0.3, 0.4) is 0 Å². The van der Waals surface area contributed by atoms with Crippen molar-refractivity contribution >= 4 is 5.78 Å². The highest BCUT2D eigenvalue weighted by molar-refractivity contribution is 5.93. The second-order valence-electron chi connectivity index (χ2n) is 6.08. The van der Waals surface area contributed by atoms with E-state index in [1.807, 2.05) is 13.8 Å². The third-order valence-electron chi connectivity index (χ3n) is 3.48. The molecule has 0 bridgehead atoms. The van der Waals surface area contributed by atoms with Gasteiger partial charge in [0.25, 0.3) is 5.56 Å². The Bertz CT molecular complexity index is 582. The zero-order chi connectivity index (χ0) is 15.3. The number of nitrogens with zero attached hydrogens (tertiary/aromatic N) is 1. The Morgan fingerprint density at radius 1 is 1.30 bits per heavy atom. The molecule has 0 saturated carbocycles. The van der Waals surface area contributed by atoms with Gasteiger partial charge >= 0.3 is 5.69 Å². The van der Waals surface area contributed by atoms with E-state index in [2.05, 4.69) is 11.9 Å². The predicted octanol–water partition coefficient (Wildman–Crippen LogP) is 2.35. The van der Waals surface area contributed by atoms with Crippen molar-refractivity contribution in [3.63, 3.8) is 0 Å². The zero-order valence-electron chi connectivity index (χ0n) is 12.8. The first-order chi connectivity index (χ1) is 9.28. The Kier molecular flexibility index (Phi) is 5.48. The molecule has 0 spiro atoms. The Labute approximate surface area is 119 Å². The van der Waals surface area contributed by atoms with E-state index < -0.39 is 11.2 Å². The molecule has 0 unspecified atom stereocenters. The minimum Gasteiger partial charge on any atom is -0.313 e. The molecule has 1 heterocycles. The molecule has 1 aromatic rings. The molecule has 0 aromatic carbocycles. The van der Waals surface area contributed by atoms with Crippen LogP contribution in [0, 0.1) is 5.41 Å². The summed E-state index contributed by atoms with van der Waals surface area (Å²) < 4.78 is 1.14. The Balaban J connectivity index is 3.03. The van der Waals surface area contributed by atoms with Crippen LogP contribution in [-0.4, -0.2) is 15.3 Å². The summed E-state index contributed by atoms with van der Waals surface area (Å²) in [5.74, 6) is -0.330. The molecule has 112 valence electrons. The lowest BCUT2D eigenvalue weighted by Crippen LogP contribution is -2.41. The quantitative estimate of drug-likeness (QED) is 0.615. The van der Waals surface area contributed by atoms with E-state index >= 15 is 0 Å². The second-order valence-corrected chi connectivity index (χ2v) is 6.08. The van der Waals surface area contributed by atoms with Crippen molar-refractivity contribution in [1.29, 1.82) is 0 Å². The lowest BCUT2D eigenvalue weighted by atomic mass is 9.86. The van der Waals surface area contributed by atoms with Crippen molar-refractivity contribution in [2.45, 2.75) is 59.9 Å². The molecule has 0 aliphatic carbocycles. The maximum Gasteiger partial charge on any atom is 0.328 e. The fourth-order valence-corrected chi connectivity index (χ4v) is 2.27. The van der Waals surface area contributed by atoms with Crippen LogP contribution in [0.15, 0.2) is 15.8 Å². The van der Waals surface area contributed by atoms with Gasteiger partial charge in [-0.2, -0.15) is 0 Å². The molecule has 1 aromatic heterocycles. The molecule has 0 amide bonds. The van der Waals surface area contributed by atoms with Gasteiger partial charge in [-0.25, -0.2) is 4.79 Å². The van der Waals surface area contributed by atoms with Crippen molar-refractivity contribution in [3.8, 4) is 0 Å². The van der Waals surface area contributed by atoms with E-state index in [0.29, 0.717) is 6.54 Å². The van der Waals surface area contributed by atoms with Crippen molar-refractivity contribution in [1.82, 2.24) is 9.55 Å². The highest BCUT2D eigenvalue weighted by atomic mass is 16.2. The average molecular weight is 280 g/mol. The number of Topliss-reactive ketones (excluding diaryl/α,β-unsaturated/α-hetero) is 1. The number of unbranched alkanes of at least 4 members (excludes halogenated alkanes) is 2. The van der Waals surface area contributed by atoms with Crippen LogP contribution < -0.4 is 11.2 Å². The largest absolute Gasteiger partial charge is 0.328 e. The number of carbonyl (C=O) groups excluding carboxylic acids is 1. The molecule has 20 heavy (non-hydrogen) atoms. The summed E-state index contributed by atoms with van der Waals surface area (Å²) in [6, 6.07) is 0. The van der Waals surface area contributed by atoms with Gasteiger partial charge in [-0.15, -0.1) is 0 Å². The fraction of sp³-hybridized carbons (Fsp3) is 0.667. The van der Waals surface area contributed by atoms with Crippen LogP contribution in [-0.2, 0) is 6.54 Å². The van der Waals surface area contributed by atoms with E-state index in [9.17, 15) is 14.4 Å². The standard InChI is InChI=1S/C15H24N2O3/c1-5-6-7-8-15(3,4)10-17-13(19)12(11(2)18)9-16-14(17)20/h9H,5-8,10H2,1-4H3,(H,16,20). The van der Waals surface area contributed by atoms with Gasteiger partial charge in [0.15, 0.2) is 5.78 Å². The van der Waals surface area contributed by atoms with Crippen molar-refractivity contribution in [2.24, 2.45) is 5.41 Å². The summed E-state index contributed by atoms with van der Waals surface area (Å²) in [6.45, 7) is 7.86. The predicted molar refractivity (Wildman–Crippen MR) is 79.3 cm³/mol. The molecule has 1 N–H and O–H groups in total. The number of aromatic amines is 1. The minimum atomic E-state index is -0.496. The van der Waals surface area contributed by atoms with E-state index in [4.69, 9.17) is 0 Å². The molecule has 0 aliphatic heterocycles. The van der Waals surface area contributed by atoms with Crippen molar-refractivity contribution in [2.75, 3.05) is 0 Å². The molecule has 5 heteroatoms. The van der Waals surface area contributed by atoms with Crippen LogP contribution in [0.4, 0.5) is 0 Å². The monoisotopic (exact) mass is 280 g/mol. The normalized spacial score (nSPS) is 11.6. The number of rotatable bonds is 7. The second kappa shape index (κ2) is 6.68. The molecule has 5 nitrogen and oxygen atoms in total. The number of H-pyrrole nitrogens is 1. The summed E-state index contributed by atoms with van der Waals surface area (Å²) in [7, 11) is 0. The lowest BCUT2D eigenvalue weighted by molar-refractivity contribution is 0.101. The van der Waals surface area contributed by atoms with E-state index in [-0.39, 0.29) is 16.8 Å². The minimum absolute atomic E-state index is 0.0361.